The van der Waals surface area contributed by atoms with Crippen LogP contribution in [-0.4, -0.2) is 53.1 Å². The summed E-state index contributed by atoms with van der Waals surface area (Å²) in [5, 5.41) is 8.49. The van der Waals surface area contributed by atoms with Gasteiger partial charge in [-0.05, 0) is 13.3 Å². The molecule has 0 unspecified atom stereocenters. The van der Waals surface area contributed by atoms with Crippen LogP contribution in [-0.2, 0) is 33.4 Å². The van der Waals surface area contributed by atoms with Crippen LogP contribution in [0.3, 0.4) is 0 Å². The maximum atomic E-state index is 11.4. The van der Waals surface area contributed by atoms with Crippen molar-refractivity contribution in [1.82, 2.24) is 0 Å². The van der Waals surface area contributed by atoms with Crippen molar-refractivity contribution in [2.24, 2.45) is 17.2 Å². The predicted octanol–water partition coefficient (Wildman–Crippen LogP) is -2.62. The van der Waals surface area contributed by atoms with E-state index in [1.807, 2.05) is 0 Å². The van der Waals surface area contributed by atoms with Gasteiger partial charge in [0.1, 0.15) is 18.1 Å². The van der Waals surface area contributed by atoms with Gasteiger partial charge in [0.05, 0.1) is 6.42 Å². The molecule has 0 radical (unpaired) electrons. The molecular weight excluding hydrogens is 314 g/mol. The van der Waals surface area contributed by atoms with E-state index >= 15 is 0 Å². The molecule has 11 nitrogen and oxygen atoms in total. The van der Waals surface area contributed by atoms with Gasteiger partial charge in [-0.15, -0.1) is 0 Å². The van der Waals surface area contributed by atoms with Gasteiger partial charge < -0.3 is 31.8 Å². The first-order valence-electron chi connectivity index (χ1n) is 6.53. The largest absolute Gasteiger partial charge is 0.480 e. The molecule has 0 aromatic carbocycles. The van der Waals surface area contributed by atoms with Gasteiger partial charge in [-0.3, -0.25) is 14.4 Å². The minimum Gasteiger partial charge on any atom is -0.480 e. The number of hydrogen-bond acceptors (Lipinski definition) is 10. The number of ether oxygens (including phenoxy) is 2. The van der Waals surface area contributed by atoms with Crippen molar-refractivity contribution in [3.63, 3.8) is 0 Å². The zero-order valence-electron chi connectivity index (χ0n) is 12.4. The third kappa shape index (κ3) is 8.60. The van der Waals surface area contributed by atoms with Gasteiger partial charge >= 0.3 is 29.8 Å². The Labute approximate surface area is 131 Å². The van der Waals surface area contributed by atoms with Crippen molar-refractivity contribution in [2.45, 2.75) is 44.3 Å². The number of esters is 4. The Hall–Kier alpha value is -2.37. The molecule has 0 heterocycles. The maximum Gasteiger partial charge on any atom is 0.330 e. The fourth-order valence-corrected chi connectivity index (χ4v) is 1.15. The Bertz CT molecular complexity index is 491. The molecule has 0 spiro atoms. The summed E-state index contributed by atoms with van der Waals surface area (Å²) in [6.45, 7) is 1.31. The molecule has 0 aliphatic heterocycles. The number of aliphatic carboxylic acids is 1. The molecule has 3 atom stereocenters. The van der Waals surface area contributed by atoms with Crippen LogP contribution in [0.5, 0.6) is 0 Å². The highest BCUT2D eigenvalue weighted by molar-refractivity contribution is 5.91. The second kappa shape index (κ2) is 9.61. The molecule has 0 amide bonds. The first-order valence-corrected chi connectivity index (χ1v) is 6.53. The van der Waals surface area contributed by atoms with Crippen LogP contribution in [0.4, 0.5) is 0 Å². The van der Waals surface area contributed by atoms with Crippen molar-refractivity contribution >= 4 is 29.8 Å². The minimum atomic E-state index is -1.49. The van der Waals surface area contributed by atoms with Crippen molar-refractivity contribution in [3.8, 4) is 0 Å². The first-order chi connectivity index (χ1) is 10.5. The molecule has 0 aliphatic rings. The Morgan fingerprint density at radius 3 is 1.96 bits per heavy atom. The van der Waals surface area contributed by atoms with Crippen LogP contribution in [0.2, 0.25) is 0 Å². The molecule has 0 rings (SSSR count). The Morgan fingerprint density at radius 1 is 0.913 bits per heavy atom. The fourth-order valence-electron chi connectivity index (χ4n) is 1.15. The monoisotopic (exact) mass is 333 g/mol. The number of rotatable bonds is 8. The van der Waals surface area contributed by atoms with E-state index < -0.39 is 60.8 Å². The summed E-state index contributed by atoms with van der Waals surface area (Å²) < 4.78 is 8.64. The van der Waals surface area contributed by atoms with Crippen LogP contribution in [0.1, 0.15) is 26.2 Å². The molecule has 0 aromatic rings. The van der Waals surface area contributed by atoms with Crippen LogP contribution in [0, 0.1) is 0 Å². The van der Waals surface area contributed by atoms with E-state index in [-0.39, 0.29) is 6.42 Å². The third-order valence-corrected chi connectivity index (χ3v) is 2.47. The number of carboxylic acid groups (broad SMARTS) is 1. The lowest BCUT2D eigenvalue weighted by Gasteiger charge is -2.11. The minimum absolute atomic E-state index is 0.248. The fraction of sp³-hybridized carbons (Fsp3) is 0.583. The second-order valence-electron chi connectivity index (χ2n) is 4.67. The summed E-state index contributed by atoms with van der Waals surface area (Å²) in [4.78, 5) is 55.4. The zero-order chi connectivity index (χ0) is 18.2. The van der Waals surface area contributed by atoms with Gasteiger partial charge in [0, 0.05) is 6.42 Å². The van der Waals surface area contributed by atoms with Crippen molar-refractivity contribution in [3.05, 3.63) is 0 Å². The summed E-state index contributed by atoms with van der Waals surface area (Å²) in [5.74, 6) is -5.59. The topological polar surface area (TPSA) is 202 Å². The van der Waals surface area contributed by atoms with Crippen LogP contribution in [0.15, 0.2) is 0 Å². The van der Waals surface area contributed by atoms with E-state index in [0.717, 1.165) is 0 Å². The highest BCUT2D eigenvalue weighted by Crippen LogP contribution is 2.02. The van der Waals surface area contributed by atoms with Crippen molar-refractivity contribution < 1.29 is 38.6 Å². The normalized spacial score (nSPS) is 14.3. The molecular formula is C12H19N3O8. The Morgan fingerprint density at radius 2 is 1.48 bits per heavy atom. The lowest BCUT2D eigenvalue weighted by molar-refractivity contribution is -0.161. The third-order valence-electron chi connectivity index (χ3n) is 2.47. The van der Waals surface area contributed by atoms with Gasteiger partial charge in [-0.25, -0.2) is 9.59 Å². The van der Waals surface area contributed by atoms with Crippen molar-refractivity contribution in [1.29, 1.82) is 0 Å². The molecule has 0 saturated carbocycles. The molecule has 0 saturated heterocycles. The van der Waals surface area contributed by atoms with Gasteiger partial charge in [0.2, 0.25) is 0 Å². The summed E-state index contributed by atoms with van der Waals surface area (Å²) in [5.41, 5.74) is 15.7. The zero-order valence-corrected chi connectivity index (χ0v) is 12.4. The lowest BCUT2D eigenvalue weighted by atomic mass is 10.1. The average Bonchev–Trinajstić information content (AvgIpc) is 2.43. The van der Waals surface area contributed by atoms with Gasteiger partial charge in [0.25, 0.3) is 0 Å². The van der Waals surface area contributed by atoms with Gasteiger partial charge in [-0.2, -0.15) is 0 Å². The Balaban J connectivity index is 4.18. The molecule has 0 aromatic heterocycles. The average molecular weight is 333 g/mol. The van der Waals surface area contributed by atoms with Crippen LogP contribution in [0.25, 0.3) is 0 Å². The molecule has 23 heavy (non-hydrogen) atoms. The number of carbonyl (C=O) groups is 5. The highest BCUT2D eigenvalue weighted by atomic mass is 16.6. The smallest absolute Gasteiger partial charge is 0.330 e. The van der Waals surface area contributed by atoms with Gasteiger partial charge in [0.15, 0.2) is 0 Å². The van der Waals surface area contributed by atoms with E-state index in [1.54, 1.807) is 0 Å². The number of hydrogen-bond donors (Lipinski definition) is 4. The number of nitrogens with two attached hydrogens (primary N) is 3. The molecule has 130 valence electrons. The first kappa shape index (κ1) is 20.6. The summed E-state index contributed by atoms with van der Waals surface area (Å²) in [6, 6.07) is -3.79. The molecule has 0 fully saturated rings. The van der Waals surface area contributed by atoms with Gasteiger partial charge in [-0.1, -0.05) is 0 Å². The maximum absolute atomic E-state index is 11.4. The predicted molar refractivity (Wildman–Crippen MR) is 73.3 cm³/mol. The number of carbonyl (C=O) groups excluding carboxylic acids is 4. The lowest BCUT2D eigenvalue weighted by Crippen LogP contribution is -2.38. The molecule has 0 aliphatic carbocycles. The standard InChI is InChI=1S/C12H19N3O8/c1-5(13)11(20)23-12(21)6(14)2-3-8(16)22-9(17)4-7(15)10(18)19/h5-7H,2-4,13-15H2,1H3,(H,18,19)/t5-,6-,7-/m0/s1. The van der Waals surface area contributed by atoms with E-state index in [4.69, 9.17) is 22.3 Å². The summed E-state index contributed by atoms with van der Waals surface area (Å²) in [6.07, 6.45) is -1.35. The van der Waals surface area contributed by atoms with Crippen LogP contribution >= 0.6 is 0 Å². The summed E-state index contributed by atoms with van der Waals surface area (Å²) >= 11 is 0. The van der Waals surface area contributed by atoms with E-state index in [2.05, 4.69) is 9.47 Å². The van der Waals surface area contributed by atoms with Crippen molar-refractivity contribution in [2.75, 3.05) is 0 Å². The van der Waals surface area contributed by atoms with E-state index in [9.17, 15) is 24.0 Å². The SMILES string of the molecule is C[C@H](N)C(=O)OC(=O)[C@@H](N)CCC(=O)OC(=O)C[C@H](N)C(=O)O. The molecule has 0 bridgehead atoms. The second-order valence-corrected chi connectivity index (χ2v) is 4.67. The van der Waals surface area contributed by atoms with E-state index in [0.29, 0.717) is 0 Å². The Kier molecular flexibility index (Phi) is 8.62. The van der Waals surface area contributed by atoms with E-state index in [1.165, 1.54) is 6.92 Å². The van der Waals surface area contributed by atoms with Crippen LogP contribution < -0.4 is 17.2 Å². The number of carboxylic acids is 1. The highest BCUT2D eigenvalue weighted by Gasteiger charge is 2.23. The summed E-state index contributed by atoms with van der Waals surface area (Å²) in [7, 11) is 0. The molecule has 7 N–H and O–H groups in total. The molecule has 11 heteroatoms. The quantitative estimate of drug-likeness (QED) is 0.267.